The number of hydrogen-bond donors (Lipinski definition) is 1. The zero-order valence-corrected chi connectivity index (χ0v) is 15.2. The molecule has 0 bridgehead atoms. The molecule has 128 valence electrons. The number of aryl methyl sites for hydroxylation is 1. The number of benzene rings is 2. The number of rotatable bonds is 8. The van der Waals surface area contributed by atoms with Crippen molar-refractivity contribution in [1.82, 2.24) is 5.32 Å². The van der Waals surface area contributed by atoms with E-state index in [0.29, 0.717) is 42.5 Å². The maximum absolute atomic E-state index is 11.9. The van der Waals surface area contributed by atoms with E-state index in [9.17, 15) is 4.79 Å². The third kappa shape index (κ3) is 6.42. The van der Waals surface area contributed by atoms with Gasteiger partial charge in [0.05, 0.1) is 6.61 Å². The fourth-order valence-electron chi connectivity index (χ4n) is 2.37. The van der Waals surface area contributed by atoms with Crippen LogP contribution in [-0.4, -0.2) is 19.1 Å². The van der Waals surface area contributed by atoms with Crippen molar-refractivity contribution in [3.8, 4) is 5.75 Å². The van der Waals surface area contributed by atoms with E-state index in [1.165, 1.54) is 0 Å². The first-order valence-electron chi connectivity index (χ1n) is 8.00. The van der Waals surface area contributed by atoms with Crippen molar-refractivity contribution < 1.29 is 9.53 Å². The predicted molar refractivity (Wildman–Crippen MR) is 99.1 cm³/mol. The van der Waals surface area contributed by atoms with Crippen LogP contribution >= 0.6 is 23.2 Å². The molecule has 1 amide bonds. The summed E-state index contributed by atoms with van der Waals surface area (Å²) in [6.45, 7) is 3.17. The summed E-state index contributed by atoms with van der Waals surface area (Å²) >= 11 is 11.9. The fourth-order valence-corrected chi connectivity index (χ4v) is 2.94. The van der Waals surface area contributed by atoms with E-state index < -0.39 is 0 Å². The van der Waals surface area contributed by atoms with E-state index in [0.717, 1.165) is 16.9 Å². The highest BCUT2D eigenvalue weighted by Gasteiger charge is 2.04. The standard InChI is InChI=1S/C19H21Cl2NO2/c1-2-24-18-6-3-14(4-7-18)5-8-19(23)22-10-9-15-11-16(20)13-17(21)12-15/h3-4,6-7,11-13H,2,5,8-10H2,1H3,(H,22,23). The molecule has 3 nitrogen and oxygen atoms in total. The SMILES string of the molecule is CCOc1ccc(CCC(=O)NCCc2cc(Cl)cc(Cl)c2)cc1. The van der Waals surface area contributed by atoms with Gasteiger partial charge in [-0.05, 0) is 61.2 Å². The molecule has 0 unspecified atom stereocenters. The van der Waals surface area contributed by atoms with E-state index in [-0.39, 0.29) is 5.91 Å². The van der Waals surface area contributed by atoms with Gasteiger partial charge in [-0.25, -0.2) is 0 Å². The van der Waals surface area contributed by atoms with Crippen LogP contribution in [0.15, 0.2) is 42.5 Å². The van der Waals surface area contributed by atoms with Gasteiger partial charge in [0, 0.05) is 23.0 Å². The van der Waals surface area contributed by atoms with Gasteiger partial charge in [0.15, 0.2) is 0 Å². The third-order valence-electron chi connectivity index (χ3n) is 3.53. The van der Waals surface area contributed by atoms with Crippen molar-refractivity contribution in [3.63, 3.8) is 0 Å². The highest BCUT2D eigenvalue weighted by molar-refractivity contribution is 6.34. The Balaban J connectivity index is 1.71. The summed E-state index contributed by atoms with van der Waals surface area (Å²) in [6, 6.07) is 13.3. The summed E-state index contributed by atoms with van der Waals surface area (Å²) in [5.41, 5.74) is 2.13. The molecule has 0 heterocycles. The van der Waals surface area contributed by atoms with Crippen molar-refractivity contribution in [3.05, 3.63) is 63.6 Å². The quantitative estimate of drug-likeness (QED) is 0.737. The minimum absolute atomic E-state index is 0.0389. The van der Waals surface area contributed by atoms with E-state index in [4.69, 9.17) is 27.9 Å². The molecule has 5 heteroatoms. The Morgan fingerprint density at radius 2 is 1.67 bits per heavy atom. The summed E-state index contributed by atoms with van der Waals surface area (Å²) in [5.74, 6) is 0.892. The second kappa shape index (κ2) is 9.55. The molecular formula is C19H21Cl2NO2. The Kier molecular flexibility index (Phi) is 7.41. The van der Waals surface area contributed by atoms with Crippen LogP contribution in [0.2, 0.25) is 10.0 Å². The van der Waals surface area contributed by atoms with Crippen molar-refractivity contribution in [2.75, 3.05) is 13.2 Å². The molecule has 2 aromatic carbocycles. The molecule has 0 saturated heterocycles. The van der Waals surface area contributed by atoms with Gasteiger partial charge in [-0.1, -0.05) is 35.3 Å². The first-order chi connectivity index (χ1) is 11.6. The molecule has 0 saturated carbocycles. The molecule has 0 aromatic heterocycles. The van der Waals surface area contributed by atoms with Gasteiger partial charge in [0.2, 0.25) is 5.91 Å². The van der Waals surface area contributed by atoms with Gasteiger partial charge < -0.3 is 10.1 Å². The van der Waals surface area contributed by atoms with Gasteiger partial charge in [-0.2, -0.15) is 0 Å². The molecule has 0 radical (unpaired) electrons. The van der Waals surface area contributed by atoms with E-state index >= 15 is 0 Å². The van der Waals surface area contributed by atoms with Crippen LogP contribution in [-0.2, 0) is 17.6 Å². The van der Waals surface area contributed by atoms with Crippen LogP contribution in [0.3, 0.4) is 0 Å². The Labute approximate surface area is 152 Å². The largest absolute Gasteiger partial charge is 0.494 e. The van der Waals surface area contributed by atoms with Crippen molar-refractivity contribution in [1.29, 1.82) is 0 Å². The second-order valence-corrected chi connectivity index (χ2v) is 6.33. The lowest BCUT2D eigenvalue weighted by Crippen LogP contribution is -2.25. The van der Waals surface area contributed by atoms with Crippen LogP contribution in [0.4, 0.5) is 0 Å². The molecule has 0 atom stereocenters. The van der Waals surface area contributed by atoms with Crippen LogP contribution < -0.4 is 10.1 Å². The molecule has 0 aliphatic carbocycles. The lowest BCUT2D eigenvalue weighted by atomic mass is 10.1. The van der Waals surface area contributed by atoms with Gasteiger partial charge in [0.25, 0.3) is 0 Å². The predicted octanol–water partition coefficient (Wildman–Crippen LogP) is 4.68. The minimum Gasteiger partial charge on any atom is -0.494 e. The van der Waals surface area contributed by atoms with Gasteiger partial charge in [-0.3, -0.25) is 4.79 Å². The molecule has 2 rings (SSSR count). The van der Waals surface area contributed by atoms with Crippen molar-refractivity contribution >= 4 is 29.1 Å². The third-order valence-corrected chi connectivity index (χ3v) is 3.97. The number of ether oxygens (including phenoxy) is 1. The van der Waals surface area contributed by atoms with Crippen LogP contribution in [0.25, 0.3) is 0 Å². The molecule has 2 aromatic rings. The molecule has 0 spiro atoms. The number of halogens is 2. The number of nitrogens with one attached hydrogen (secondary N) is 1. The van der Waals surface area contributed by atoms with Crippen LogP contribution in [0.5, 0.6) is 5.75 Å². The van der Waals surface area contributed by atoms with Gasteiger partial charge in [0.1, 0.15) is 5.75 Å². The highest BCUT2D eigenvalue weighted by Crippen LogP contribution is 2.19. The molecular weight excluding hydrogens is 345 g/mol. The molecule has 0 aliphatic heterocycles. The van der Waals surface area contributed by atoms with Gasteiger partial charge in [-0.15, -0.1) is 0 Å². The highest BCUT2D eigenvalue weighted by atomic mass is 35.5. The Morgan fingerprint density at radius 3 is 2.29 bits per heavy atom. The summed E-state index contributed by atoms with van der Waals surface area (Å²) in [4.78, 5) is 11.9. The number of carbonyl (C=O) groups is 1. The Bertz CT molecular complexity index is 651. The normalized spacial score (nSPS) is 10.5. The molecule has 1 N–H and O–H groups in total. The number of hydrogen-bond acceptors (Lipinski definition) is 2. The smallest absolute Gasteiger partial charge is 0.220 e. The Hall–Kier alpha value is -1.71. The van der Waals surface area contributed by atoms with Crippen molar-refractivity contribution in [2.45, 2.75) is 26.2 Å². The monoisotopic (exact) mass is 365 g/mol. The lowest BCUT2D eigenvalue weighted by Gasteiger charge is -2.07. The fraction of sp³-hybridized carbons (Fsp3) is 0.316. The summed E-state index contributed by atoms with van der Waals surface area (Å²) in [7, 11) is 0. The maximum atomic E-state index is 11.9. The average Bonchev–Trinajstić information content (AvgIpc) is 2.53. The minimum atomic E-state index is 0.0389. The Morgan fingerprint density at radius 1 is 1.00 bits per heavy atom. The van der Waals surface area contributed by atoms with Gasteiger partial charge >= 0.3 is 0 Å². The summed E-state index contributed by atoms with van der Waals surface area (Å²) in [6.07, 6.45) is 1.88. The van der Waals surface area contributed by atoms with Crippen LogP contribution in [0, 0.1) is 0 Å². The first-order valence-corrected chi connectivity index (χ1v) is 8.76. The second-order valence-electron chi connectivity index (χ2n) is 5.45. The molecule has 0 fully saturated rings. The van der Waals surface area contributed by atoms with E-state index in [2.05, 4.69) is 5.32 Å². The summed E-state index contributed by atoms with van der Waals surface area (Å²) in [5, 5.41) is 4.14. The van der Waals surface area contributed by atoms with E-state index in [1.54, 1.807) is 6.07 Å². The lowest BCUT2D eigenvalue weighted by molar-refractivity contribution is -0.121. The number of amides is 1. The first kappa shape index (κ1) is 18.6. The van der Waals surface area contributed by atoms with Crippen LogP contribution in [0.1, 0.15) is 24.5 Å². The molecule has 24 heavy (non-hydrogen) atoms. The zero-order chi connectivity index (χ0) is 17.4. The zero-order valence-electron chi connectivity index (χ0n) is 13.6. The maximum Gasteiger partial charge on any atom is 0.220 e. The van der Waals surface area contributed by atoms with E-state index in [1.807, 2.05) is 43.3 Å². The summed E-state index contributed by atoms with van der Waals surface area (Å²) < 4.78 is 5.40. The van der Waals surface area contributed by atoms with Crippen molar-refractivity contribution in [2.24, 2.45) is 0 Å². The average molecular weight is 366 g/mol. The number of carbonyl (C=O) groups excluding carboxylic acids is 1. The molecule has 0 aliphatic rings. The topological polar surface area (TPSA) is 38.3 Å².